The van der Waals surface area contributed by atoms with Crippen molar-refractivity contribution in [2.75, 3.05) is 41.0 Å². The zero-order valence-electron chi connectivity index (χ0n) is 22.5. The van der Waals surface area contributed by atoms with E-state index in [-0.39, 0.29) is 0 Å². The molecule has 0 amide bonds. The molecule has 0 aliphatic carbocycles. The number of hydrogen-bond acceptors (Lipinski definition) is 5. The SMILES string of the molecule is CO[Si](CCCN(CCCCCCN([Si](C)(C)C)[Si](C)(C)C)[Si](C)(C)C)(OC)OC. The van der Waals surface area contributed by atoms with Crippen molar-refractivity contribution in [1.29, 1.82) is 0 Å². The lowest BCUT2D eigenvalue weighted by Crippen LogP contribution is -2.59. The smallest absolute Gasteiger partial charge is 0.377 e. The summed E-state index contributed by atoms with van der Waals surface area (Å²) in [6.07, 6.45) is 6.45. The van der Waals surface area contributed by atoms with Gasteiger partial charge < -0.3 is 22.1 Å². The lowest BCUT2D eigenvalue weighted by molar-refractivity contribution is 0.122. The van der Waals surface area contributed by atoms with Crippen molar-refractivity contribution in [1.82, 2.24) is 8.80 Å². The van der Waals surface area contributed by atoms with Crippen LogP contribution < -0.4 is 0 Å². The van der Waals surface area contributed by atoms with Gasteiger partial charge in [-0.2, -0.15) is 0 Å². The second-order valence-corrected chi connectivity index (χ2v) is 29.7. The molecule has 0 saturated carbocycles. The highest BCUT2D eigenvalue weighted by Gasteiger charge is 2.37. The molecule has 0 fully saturated rings. The van der Waals surface area contributed by atoms with Crippen molar-refractivity contribution in [3.05, 3.63) is 0 Å². The maximum Gasteiger partial charge on any atom is 0.500 e. The maximum absolute atomic E-state index is 5.59. The fraction of sp³-hybridized carbons (Fsp3) is 1.00. The molecule has 0 rings (SSSR count). The normalized spacial score (nSPS) is 14.2. The number of hydrogen-bond donors (Lipinski definition) is 0. The van der Waals surface area contributed by atoms with Gasteiger partial charge in [-0.25, -0.2) is 0 Å². The molecule has 0 aromatic rings. The van der Waals surface area contributed by atoms with E-state index in [1.807, 2.05) is 0 Å². The molecule has 9 heteroatoms. The first-order valence-electron chi connectivity index (χ1n) is 11.8. The summed E-state index contributed by atoms with van der Waals surface area (Å²) >= 11 is 0. The Morgan fingerprint density at radius 2 is 0.900 bits per heavy atom. The van der Waals surface area contributed by atoms with Crippen LogP contribution in [0, 0.1) is 0 Å². The third kappa shape index (κ3) is 11.5. The van der Waals surface area contributed by atoms with Crippen molar-refractivity contribution >= 4 is 33.5 Å². The second kappa shape index (κ2) is 13.4. The van der Waals surface area contributed by atoms with Gasteiger partial charge in [0.2, 0.25) is 0 Å². The minimum Gasteiger partial charge on any atom is -0.377 e. The Bertz CT molecular complexity index is 436. The molecular formula is C21H54N2O3Si4. The standard InChI is InChI=1S/C21H54N2O3Si4/c1-24-30(25-2,26-3)21-17-19-22(27(4,5)6)18-15-13-14-16-20-23(28(7,8)9)29(10,11)12/h13-21H2,1-12H3. The largest absolute Gasteiger partial charge is 0.500 e. The molecule has 0 saturated heterocycles. The van der Waals surface area contributed by atoms with E-state index in [2.05, 4.69) is 67.7 Å². The molecule has 0 aliphatic heterocycles. The fourth-order valence-corrected chi connectivity index (χ4v) is 17.5. The second-order valence-electron chi connectivity index (χ2n) is 11.5. The van der Waals surface area contributed by atoms with Crippen molar-refractivity contribution in [3.8, 4) is 0 Å². The average Bonchev–Trinajstić information content (AvgIpc) is 2.60. The molecule has 0 aromatic heterocycles. The van der Waals surface area contributed by atoms with Crippen LogP contribution in [0.2, 0.25) is 65.0 Å². The van der Waals surface area contributed by atoms with Crippen molar-refractivity contribution < 1.29 is 13.3 Å². The van der Waals surface area contributed by atoms with E-state index in [9.17, 15) is 0 Å². The lowest BCUT2D eigenvalue weighted by Gasteiger charge is -2.43. The summed E-state index contributed by atoms with van der Waals surface area (Å²) in [5.41, 5.74) is 0. The van der Waals surface area contributed by atoms with Gasteiger partial charge >= 0.3 is 8.80 Å². The Labute approximate surface area is 193 Å². The summed E-state index contributed by atoms with van der Waals surface area (Å²) in [7, 11) is -1.05. The van der Waals surface area contributed by atoms with Crippen LogP contribution in [0.25, 0.3) is 0 Å². The highest BCUT2D eigenvalue weighted by Crippen LogP contribution is 2.21. The molecule has 0 heterocycles. The zero-order valence-corrected chi connectivity index (χ0v) is 26.5. The lowest BCUT2D eigenvalue weighted by atomic mass is 10.2. The number of rotatable bonds is 17. The topological polar surface area (TPSA) is 34.2 Å². The predicted molar refractivity (Wildman–Crippen MR) is 143 cm³/mol. The maximum atomic E-state index is 5.59. The van der Waals surface area contributed by atoms with E-state index in [0.717, 1.165) is 19.0 Å². The Kier molecular flexibility index (Phi) is 13.7. The van der Waals surface area contributed by atoms with Gasteiger partial charge in [-0.1, -0.05) is 71.8 Å². The van der Waals surface area contributed by atoms with Crippen LogP contribution in [0.15, 0.2) is 0 Å². The van der Waals surface area contributed by atoms with Crippen LogP contribution in [0.4, 0.5) is 0 Å². The molecule has 0 N–H and O–H groups in total. The van der Waals surface area contributed by atoms with Gasteiger partial charge in [0.25, 0.3) is 0 Å². The van der Waals surface area contributed by atoms with E-state index >= 15 is 0 Å². The summed E-state index contributed by atoms with van der Waals surface area (Å²) in [6.45, 7) is 26.1. The Hall–Kier alpha value is 0.668. The highest BCUT2D eigenvalue weighted by molar-refractivity contribution is 6.89. The summed E-state index contributed by atoms with van der Waals surface area (Å²) in [5, 5.41) is 0. The van der Waals surface area contributed by atoms with Crippen molar-refractivity contribution in [2.45, 2.75) is 97.1 Å². The van der Waals surface area contributed by atoms with E-state index in [1.165, 1.54) is 38.8 Å². The number of unbranched alkanes of at least 4 members (excludes halogenated alkanes) is 3. The molecule has 0 radical (unpaired) electrons. The predicted octanol–water partition coefficient (Wildman–Crippen LogP) is 5.92. The summed E-state index contributed by atoms with van der Waals surface area (Å²) < 4.78 is 22.4. The van der Waals surface area contributed by atoms with Gasteiger partial charge in [-0.05, 0) is 38.9 Å². The van der Waals surface area contributed by atoms with Crippen molar-refractivity contribution in [3.63, 3.8) is 0 Å². The molecular weight excluding hydrogens is 441 g/mol. The first-order chi connectivity index (χ1) is 13.6. The van der Waals surface area contributed by atoms with Gasteiger partial charge in [0.1, 0.15) is 24.7 Å². The van der Waals surface area contributed by atoms with Gasteiger partial charge in [0.15, 0.2) is 0 Å². The minimum absolute atomic E-state index is 0.890. The minimum atomic E-state index is -2.44. The van der Waals surface area contributed by atoms with Crippen LogP contribution in [0.3, 0.4) is 0 Å². The Balaban J connectivity index is 4.44. The third-order valence-corrected chi connectivity index (χ3v) is 18.9. The van der Waals surface area contributed by atoms with Gasteiger partial charge in [0, 0.05) is 27.4 Å². The average molecular weight is 495 g/mol. The molecule has 30 heavy (non-hydrogen) atoms. The third-order valence-electron chi connectivity index (χ3n) is 5.97. The Morgan fingerprint density at radius 1 is 0.500 bits per heavy atom. The summed E-state index contributed by atoms with van der Waals surface area (Å²) in [4.78, 5) is 0. The molecule has 0 atom stereocenters. The monoisotopic (exact) mass is 494 g/mol. The molecule has 0 unspecified atom stereocenters. The highest BCUT2D eigenvalue weighted by atomic mass is 28.4. The first kappa shape index (κ1) is 30.7. The molecule has 0 aromatic carbocycles. The molecule has 0 spiro atoms. The van der Waals surface area contributed by atoms with Crippen LogP contribution in [-0.2, 0) is 13.3 Å². The molecule has 182 valence electrons. The van der Waals surface area contributed by atoms with Crippen LogP contribution in [0.1, 0.15) is 32.1 Å². The molecule has 0 aliphatic rings. The fourth-order valence-electron chi connectivity index (χ4n) is 4.43. The van der Waals surface area contributed by atoms with Crippen LogP contribution in [0.5, 0.6) is 0 Å². The van der Waals surface area contributed by atoms with Gasteiger partial charge in [-0.15, -0.1) is 0 Å². The van der Waals surface area contributed by atoms with E-state index in [4.69, 9.17) is 13.3 Å². The summed E-state index contributed by atoms with van der Waals surface area (Å²) in [5.74, 6) is 0. The van der Waals surface area contributed by atoms with E-state index in [0.29, 0.717) is 0 Å². The molecule has 5 nitrogen and oxygen atoms in total. The first-order valence-corrected chi connectivity index (χ1v) is 24.1. The Morgan fingerprint density at radius 3 is 1.27 bits per heavy atom. The van der Waals surface area contributed by atoms with E-state index in [1.54, 1.807) is 21.3 Å². The van der Waals surface area contributed by atoms with E-state index < -0.39 is 33.5 Å². The van der Waals surface area contributed by atoms with Gasteiger partial charge in [0.05, 0.1) is 0 Å². The molecule has 0 bridgehead atoms. The number of nitrogens with zero attached hydrogens (tertiary/aromatic N) is 2. The van der Waals surface area contributed by atoms with Gasteiger partial charge in [-0.3, -0.25) is 0 Å². The quantitative estimate of drug-likeness (QED) is 0.185. The van der Waals surface area contributed by atoms with Crippen LogP contribution in [-0.4, -0.2) is 83.3 Å². The zero-order chi connectivity index (χ0) is 23.6. The van der Waals surface area contributed by atoms with Crippen LogP contribution >= 0.6 is 0 Å². The summed E-state index contributed by atoms with van der Waals surface area (Å²) in [6, 6.07) is 0.890. The van der Waals surface area contributed by atoms with Crippen molar-refractivity contribution in [2.24, 2.45) is 0 Å².